The standard InChI is InChI=1S/C60H101N3O16/c1-16-44-59(12,72)49(67)36(6)63(25-17-24-61-54(70)60(73)23-21-41-40-19-18-38-27-39(64)20-22-55(38,8)46(40)43(65)29-56(41,60)9)31-32(2)28-57(10,71)51(79-53-47(66)42(62(13)14)26-33(3)75-53)34(4)48(35(5)52(69)77-44)78-45-30-58(11,74-15)50(68)37(7)76-45/h20,22,27,32-37,40-51,53,65-68,71-73H,16-19,21,23-26,28-31H2,1-15H3,(H,61,70)/t32-,33-,34+,35-,36-,37?,40?,41?,42-,43+,44-,45-,46?,47-,48+,49-,50-,51?,53+,55+,56+,57-,58+,59-,60+/m1/s1. The predicted octanol–water partition coefficient (Wildman–Crippen LogP) is 3.79. The van der Waals surface area contributed by atoms with E-state index < -0.39 is 124 Å². The lowest BCUT2D eigenvalue weighted by Gasteiger charge is -2.59. The third-order valence-corrected chi connectivity index (χ3v) is 21.0. The van der Waals surface area contributed by atoms with Crippen molar-refractivity contribution in [2.45, 2.75) is 249 Å². The molecule has 3 saturated heterocycles. The van der Waals surface area contributed by atoms with E-state index >= 15 is 0 Å². The second-order valence-corrected chi connectivity index (χ2v) is 26.9. The number of cyclic esters (lactones) is 1. The number of fused-ring (bicyclic) bond motifs is 5. The number of methoxy groups -OCH3 is 1. The summed E-state index contributed by atoms with van der Waals surface area (Å²) in [4.78, 5) is 45.4. The number of esters is 1. The van der Waals surface area contributed by atoms with Crippen molar-refractivity contribution in [3.05, 3.63) is 23.8 Å². The number of allylic oxidation sites excluding steroid dienone is 4. The first-order valence-corrected chi connectivity index (χ1v) is 29.6. The van der Waals surface area contributed by atoms with Gasteiger partial charge >= 0.3 is 5.97 Å². The molecule has 3 aliphatic heterocycles. The Kier molecular flexibility index (Phi) is 19.7. The maximum Gasteiger partial charge on any atom is 0.311 e. The van der Waals surface area contributed by atoms with Crippen LogP contribution in [0.5, 0.6) is 0 Å². The molecular formula is C60H101N3O16. The second-order valence-electron chi connectivity index (χ2n) is 26.9. The van der Waals surface area contributed by atoms with Gasteiger partial charge in [0.15, 0.2) is 18.4 Å². The van der Waals surface area contributed by atoms with Crippen molar-refractivity contribution < 1.29 is 78.6 Å². The zero-order valence-corrected chi connectivity index (χ0v) is 50.1. The van der Waals surface area contributed by atoms with E-state index in [0.717, 1.165) is 12.0 Å². The molecule has 7 rings (SSSR count). The van der Waals surface area contributed by atoms with Crippen molar-refractivity contribution in [1.82, 2.24) is 15.1 Å². The van der Waals surface area contributed by atoms with Crippen LogP contribution < -0.4 is 5.32 Å². The summed E-state index contributed by atoms with van der Waals surface area (Å²) in [5, 5.41) is 88.2. The minimum Gasteiger partial charge on any atom is -0.459 e. The number of likely N-dealkylation sites (N-methyl/N-ethyl adjacent to an activating group) is 1. The lowest BCUT2D eigenvalue weighted by molar-refractivity contribution is -0.318. The van der Waals surface area contributed by atoms with Gasteiger partial charge in [0.05, 0.1) is 47.6 Å². The van der Waals surface area contributed by atoms with Crippen LogP contribution in [0.4, 0.5) is 0 Å². The van der Waals surface area contributed by atoms with Gasteiger partial charge in [-0.05, 0) is 150 Å². The number of ketones is 1. The summed E-state index contributed by atoms with van der Waals surface area (Å²) in [5.74, 6) is -3.70. The van der Waals surface area contributed by atoms with Crippen LogP contribution >= 0.6 is 0 Å². The summed E-state index contributed by atoms with van der Waals surface area (Å²) in [6.45, 7) is 22.2. The molecule has 0 bridgehead atoms. The highest BCUT2D eigenvalue weighted by Gasteiger charge is 2.68. The number of carbonyl (C=O) groups is 3. The molecule has 1 amide bonds. The molecule has 0 aromatic rings. The predicted molar refractivity (Wildman–Crippen MR) is 294 cm³/mol. The number of nitrogens with one attached hydrogen (secondary N) is 1. The van der Waals surface area contributed by atoms with Crippen LogP contribution in [0.25, 0.3) is 0 Å². The average molecular weight is 1120 g/mol. The summed E-state index contributed by atoms with van der Waals surface area (Å²) >= 11 is 0. The number of rotatable bonds is 12. The van der Waals surface area contributed by atoms with Crippen molar-refractivity contribution >= 4 is 17.7 Å². The Morgan fingerprint density at radius 2 is 1.59 bits per heavy atom. The largest absolute Gasteiger partial charge is 0.459 e. The van der Waals surface area contributed by atoms with Gasteiger partial charge in [-0.25, -0.2) is 0 Å². The van der Waals surface area contributed by atoms with E-state index in [-0.39, 0.29) is 86.8 Å². The number of aliphatic hydroxyl groups excluding tert-OH is 4. The Balaban J connectivity index is 1.15. The summed E-state index contributed by atoms with van der Waals surface area (Å²) < 4.78 is 38.3. The lowest BCUT2D eigenvalue weighted by atomic mass is 9.46. The number of amides is 1. The molecule has 0 spiro atoms. The van der Waals surface area contributed by atoms with Gasteiger partial charge < -0.3 is 74.4 Å². The van der Waals surface area contributed by atoms with Gasteiger partial charge in [0.25, 0.3) is 5.91 Å². The Hall–Kier alpha value is -2.47. The second kappa shape index (κ2) is 24.3. The van der Waals surface area contributed by atoms with Gasteiger partial charge in [-0.2, -0.15) is 0 Å². The van der Waals surface area contributed by atoms with E-state index in [1.165, 1.54) is 14.0 Å². The molecule has 8 N–H and O–H groups in total. The fourth-order valence-corrected chi connectivity index (χ4v) is 16.2. The van der Waals surface area contributed by atoms with Gasteiger partial charge in [0.2, 0.25) is 0 Å². The maximum atomic E-state index is 14.7. The van der Waals surface area contributed by atoms with Crippen molar-refractivity contribution in [2.24, 2.45) is 46.3 Å². The number of nitrogens with zero attached hydrogens (tertiary/aromatic N) is 2. The van der Waals surface area contributed by atoms with E-state index in [4.69, 9.17) is 28.4 Å². The molecule has 4 aliphatic carbocycles. The normalized spacial score (nSPS) is 49.4. The van der Waals surface area contributed by atoms with Crippen molar-refractivity contribution in [2.75, 3.05) is 40.8 Å². The molecular weight excluding hydrogens is 1020 g/mol. The van der Waals surface area contributed by atoms with Crippen LogP contribution in [-0.2, 0) is 42.8 Å². The molecule has 452 valence electrons. The molecule has 19 heteroatoms. The monoisotopic (exact) mass is 1120 g/mol. The van der Waals surface area contributed by atoms with Crippen LogP contribution in [0.3, 0.4) is 0 Å². The minimum atomic E-state index is -1.98. The van der Waals surface area contributed by atoms with Crippen LogP contribution in [-0.4, -0.2) is 206 Å². The van der Waals surface area contributed by atoms with Crippen molar-refractivity contribution in [3.63, 3.8) is 0 Å². The fraction of sp³-hybridized carbons (Fsp3) is 0.883. The minimum absolute atomic E-state index is 0.0217. The number of carbonyl (C=O) groups excluding carboxylic acids is 3. The number of hydrogen-bond acceptors (Lipinski definition) is 18. The first-order valence-electron chi connectivity index (χ1n) is 29.6. The van der Waals surface area contributed by atoms with Crippen LogP contribution in [0.1, 0.15) is 147 Å². The first-order chi connectivity index (χ1) is 36.7. The Labute approximate surface area is 470 Å². The van der Waals surface area contributed by atoms with Gasteiger partial charge in [0, 0.05) is 67.9 Å². The highest BCUT2D eigenvalue weighted by molar-refractivity contribution is 6.01. The van der Waals surface area contributed by atoms with E-state index in [9.17, 15) is 50.1 Å². The maximum absolute atomic E-state index is 14.7. The smallest absolute Gasteiger partial charge is 0.311 e. The average Bonchev–Trinajstić information content (AvgIpc) is 3.96. The number of ether oxygens (including phenoxy) is 6. The third-order valence-electron chi connectivity index (χ3n) is 21.0. The zero-order valence-electron chi connectivity index (χ0n) is 50.1. The lowest BCUT2D eigenvalue weighted by Crippen LogP contribution is -2.63. The Bertz CT molecular complexity index is 2210. The number of hydrogen-bond donors (Lipinski definition) is 8. The molecule has 0 aromatic carbocycles. The zero-order chi connectivity index (χ0) is 58.7. The molecule has 7 aliphatic rings. The van der Waals surface area contributed by atoms with E-state index in [2.05, 4.69) is 12.2 Å². The van der Waals surface area contributed by atoms with Gasteiger partial charge in [0.1, 0.15) is 35.6 Å². The quantitative estimate of drug-likeness (QED) is 0.102. The van der Waals surface area contributed by atoms with Crippen LogP contribution in [0, 0.1) is 46.3 Å². The van der Waals surface area contributed by atoms with Gasteiger partial charge in [-0.15, -0.1) is 0 Å². The molecule has 19 nitrogen and oxygen atoms in total. The Morgan fingerprint density at radius 3 is 2.24 bits per heavy atom. The molecule has 0 aromatic heterocycles. The molecule has 5 unspecified atom stereocenters. The van der Waals surface area contributed by atoms with E-state index in [1.54, 1.807) is 60.6 Å². The number of aliphatic hydroxyl groups is 7. The molecule has 79 heavy (non-hydrogen) atoms. The molecule has 3 heterocycles. The Morgan fingerprint density at radius 1 is 0.911 bits per heavy atom. The van der Waals surface area contributed by atoms with Crippen molar-refractivity contribution in [1.29, 1.82) is 0 Å². The highest BCUT2D eigenvalue weighted by Crippen LogP contribution is 2.67. The van der Waals surface area contributed by atoms with E-state index in [1.807, 2.05) is 50.7 Å². The molecule has 6 fully saturated rings. The van der Waals surface area contributed by atoms with Crippen LogP contribution in [0.15, 0.2) is 23.8 Å². The van der Waals surface area contributed by atoms with E-state index in [0.29, 0.717) is 32.2 Å². The molecule has 3 saturated carbocycles. The SMILES string of the molecule is CC[C@H]1OC(=O)[C@H](C)[C@@H](O[C@@H]2C[C@](C)(OC)[C@H](O)C(C)O2)[C@H](C)C(O[C@@H]2O[C@H](C)C[C@@H](N(C)C)[C@H]2O)[C@](C)(O)C[C@@H](C)CN(CCCNC(=O)[C@@]2(O)CCC3C4CCC5=CC(=O)C=C[C@]5(C)C4[C@@H](O)C[C@@]32C)[C@H](C)[C@@H](O)[C@]1(C)O. The van der Waals surface area contributed by atoms with Gasteiger partial charge in [-0.3, -0.25) is 19.3 Å². The third kappa shape index (κ3) is 12.3. The topological polar surface area (TPSA) is 267 Å². The summed E-state index contributed by atoms with van der Waals surface area (Å²) in [7, 11) is 5.23. The summed E-state index contributed by atoms with van der Waals surface area (Å²) in [6.07, 6.45) is -2.12. The first kappa shape index (κ1) is 64.1. The summed E-state index contributed by atoms with van der Waals surface area (Å²) in [6, 6.07) is -1.11. The summed E-state index contributed by atoms with van der Waals surface area (Å²) in [5.41, 5.74) is -6.87. The highest BCUT2D eigenvalue weighted by atomic mass is 16.7. The molecule has 25 atom stereocenters. The van der Waals surface area contributed by atoms with Crippen LogP contribution in [0.2, 0.25) is 0 Å². The fourth-order valence-electron chi connectivity index (χ4n) is 16.2. The molecule has 0 radical (unpaired) electrons. The van der Waals surface area contributed by atoms with Gasteiger partial charge in [-0.1, -0.05) is 46.3 Å². The van der Waals surface area contributed by atoms with Crippen molar-refractivity contribution in [3.8, 4) is 0 Å².